The molecule has 0 radical (unpaired) electrons. The first kappa shape index (κ1) is 20.7. The van der Waals surface area contributed by atoms with Crippen molar-refractivity contribution in [1.29, 1.82) is 0 Å². The molecule has 0 saturated heterocycles. The SMILES string of the molecule is Cc1nc(-c2ccc(C3c4[nH]c5ccc(Br)cc5c4CON3C(=O)C(F)(F)F)cc2)no1. The van der Waals surface area contributed by atoms with E-state index in [0.717, 1.165) is 15.4 Å². The van der Waals surface area contributed by atoms with Crippen molar-refractivity contribution < 1.29 is 27.3 Å². The van der Waals surface area contributed by atoms with E-state index >= 15 is 0 Å². The first-order valence-electron chi connectivity index (χ1n) is 9.46. The number of H-pyrrole nitrogens is 1. The minimum Gasteiger partial charge on any atom is -0.356 e. The molecule has 1 atom stereocenters. The zero-order valence-electron chi connectivity index (χ0n) is 16.4. The number of carbonyl (C=O) groups excluding carboxylic acids is 1. The quantitative estimate of drug-likeness (QED) is 0.403. The van der Waals surface area contributed by atoms with E-state index in [1.54, 1.807) is 31.2 Å². The van der Waals surface area contributed by atoms with Crippen molar-refractivity contribution in [2.45, 2.75) is 25.7 Å². The Labute approximate surface area is 187 Å². The van der Waals surface area contributed by atoms with Crippen LogP contribution in [0.5, 0.6) is 0 Å². The third-order valence-corrected chi connectivity index (χ3v) is 5.71. The Kier molecular flexibility index (Phi) is 4.82. The van der Waals surface area contributed by atoms with E-state index in [2.05, 4.69) is 31.1 Å². The van der Waals surface area contributed by atoms with Gasteiger partial charge >= 0.3 is 12.1 Å². The minimum absolute atomic E-state index is 0.176. The predicted octanol–water partition coefficient (Wildman–Crippen LogP) is 5.21. The van der Waals surface area contributed by atoms with E-state index in [0.29, 0.717) is 39.2 Å². The van der Waals surface area contributed by atoms with Crippen LogP contribution in [0.1, 0.15) is 28.8 Å². The molecule has 11 heteroatoms. The summed E-state index contributed by atoms with van der Waals surface area (Å²) in [7, 11) is 0. The van der Waals surface area contributed by atoms with Crippen LogP contribution in [0.2, 0.25) is 0 Å². The molecule has 2 aromatic heterocycles. The number of aromatic amines is 1. The molecule has 2 aromatic carbocycles. The van der Waals surface area contributed by atoms with Crippen molar-refractivity contribution in [3.63, 3.8) is 0 Å². The molecule has 5 rings (SSSR count). The lowest BCUT2D eigenvalue weighted by molar-refractivity contribution is -0.246. The summed E-state index contributed by atoms with van der Waals surface area (Å²) in [4.78, 5) is 24.9. The average Bonchev–Trinajstić information content (AvgIpc) is 3.35. The molecule has 7 nitrogen and oxygen atoms in total. The lowest BCUT2D eigenvalue weighted by Crippen LogP contribution is -2.45. The number of nitrogens with one attached hydrogen (secondary N) is 1. The molecule has 1 N–H and O–H groups in total. The van der Waals surface area contributed by atoms with Gasteiger partial charge in [-0.1, -0.05) is 45.4 Å². The minimum atomic E-state index is -5.09. The second kappa shape index (κ2) is 7.45. The molecule has 1 aliphatic rings. The summed E-state index contributed by atoms with van der Waals surface area (Å²) in [6.45, 7) is 1.48. The summed E-state index contributed by atoms with van der Waals surface area (Å²) in [5.41, 5.74) is 2.93. The molecule has 0 spiro atoms. The second-order valence-corrected chi connectivity index (χ2v) is 8.19. The monoisotopic (exact) mass is 506 g/mol. The summed E-state index contributed by atoms with van der Waals surface area (Å²) < 4.78 is 45.8. The Morgan fingerprint density at radius 1 is 1.22 bits per heavy atom. The van der Waals surface area contributed by atoms with Crippen molar-refractivity contribution in [2.75, 3.05) is 0 Å². The number of alkyl halides is 3. The molecule has 0 bridgehead atoms. The highest BCUT2D eigenvalue weighted by atomic mass is 79.9. The maximum Gasteiger partial charge on any atom is 0.473 e. The van der Waals surface area contributed by atoms with Gasteiger partial charge in [0.2, 0.25) is 11.7 Å². The molecule has 3 heterocycles. The number of aromatic nitrogens is 3. The van der Waals surface area contributed by atoms with E-state index in [1.165, 1.54) is 0 Å². The van der Waals surface area contributed by atoms with Crippen molar-refractivity contribution in [3.05, 3.63) is 69.6 Å². The van der Waals surface area contributed by atoms with Crippen molar-refractivity contribution in [1.82, 2.24) is 20.2 Å². The van der Waals surface area contributed by atoms with Gasteiger partial charge in [0.15, 0.2) is 0 Å². The Balaban J connectivity index is 1.63. The van der Waals surface area contributed by atoms with Gasteiger partial charge in [-0.15, -0.1) is 0 Å². The Hall–Kier alpha value is -3.18. The fraction of sp³-hybridized carbons (Fsp3) is 0.190. The van der Waals surface area contributed by atoms with Gasteiger partial charge in [-0.25, -0.2) is 0 Å². The molecule has 164 valence electrons. The zero-order valence-corrected chi connectivity index (χ0v) is 18.0. The number of hydroxylamine groups is 2. The van der Waals surface area contributed by atoms with E-state index in [-0.39, 0.29) is 6.61 Å². The zero-order chi connectivity index (χ0) is 22.6. The standard InChI is InChI=1S/C21H14BrF3N4O3/c1-10-26-19(28-32-10)12-4-2-11(3-5-12)18-17-15(9-31-29(18)20(30)21(23,24)25)14-8-13(22)6-7-16(14)27-17/h2-8,18,27H,9H2,1H3. The average molecular weight is 507 g/mol. The molecule has 1 unspecified atom stereocenters. The number of hydrogen-bond donors (Lipinski definition) is 1. The fourth-order valence-electron chi connectivity index (χ4n) is 3.79. The van der Waals surface area contributed by atoms with Gasteiger partial charge in [0, 0.05) is 33.4 Å². The highest BCUT2D eigenvalue weighted by Crippen LogP contribution is 2.41. The topological polar surface area (TPSA) is 84.2 Å². The maximum atomic E-state index is 13.3. The second-order valence-electron chi connectivity index (χ2n) is 7.27. The van der Waals surface area contributed by atoms with Crippen LogP contribution in [0.4, 0.5) is 13.2 Å². The number of rotatable bonds is 2. The number of benzene rings is 2. The van der Waals surface area contributed by atoms with Gasteiger partial charge in [-0.2, -0.15) is 23.2 Å². The number of amides is 1. The van der Waals surface area contributed by atoms with Crippen LogP contribution in [-0.4, -0.2) is 32.3 Å². The third-order valence-electron chi connectivity index (χ3n) is 5.21. The van der Waals surface area contributed by atoms with Gasteiger partial charge in [-0.05, 0) is 23.8 Å². The van der Waals surface area contributed by atoms with Crippen LogP contribution in [0.15, 0.2) is 51.5 Å². The maximum absolute atomic E-state index is 13.3. The number of carbonyl (C=O) groups is 1. The lowest BCUT2D eigenvalue weighted by Gasteiger charge is -2.35. The highest BCUT2D eigenvalue weighted by molar-refractivity contribution is 9.10. The van der Waals surface area contributed by atoms with Gasteiger partial charge in [0.25, 0.3) is 0 Å². The normalized spacial score (nSPS) is 16.4. The summed E-state index contributed by atoms with van der Waals surface area (Å²) in [6, 6.07) is 10.9. The summed E-state index contributed by atoms with van der Waals surface area (Å²) in [6.07, 6.45) is -5.09. The molecular weight excluding hydrogens is 493 g/mol. The molecule has 1 amide bonds. The van der Waals surface area contributed by atoms with Gasteiger partial charge in [-0.3, -0.25) is 9.63 Å². The van der Waals surface area contributed by atoms with E-state index < -0.39 is 18.1 Å². The molecule has 1 aliphatic heterocycles. The number of fused-ring (bicyclic) bond motifs is 3. The van der Waals surface area contributed by atoms with Crippen LogP contribution in [0.3, 0.4) is 0 Å². The van der Waals surface area contributed by atoms with Crippen LogP contribution in [-0.2, 0) is 16.2 Å². The molecule has 32 heavy (non-hydrogen) atoms. The number of halogens is 4. The molecule has 0 aliphatic carbocycles. The molecular formula is C21H14BrF3N4O3. The summed E-state index contributed by atoms with van der Waals surface area (Å²) in [5, 5.41) is 5.03. The van der Waals surface area contributed by atoms with Crippen molar-refractivity contribution in [3.8, 4) is 11.4 Å². The molecule has 0 saturated carbocycles. The molecule has 0 fully saturated rings. The van der Waals surface area contributed by atoms with E-state index in [1.807, 2.05) is 18.2 Å². The number of aryl methyl sites for hydroxylation is 1. The fourth-order valence-corrected chi connectivity index (χ4v) is 4.15. The lowest BCUT2D eigenvalue weighted by atomic mass is 9.97. The van der Waals surface area contributed by atoms with Crippen LogP contribution in [0, 0.1) is 6.92 Å². The number of hydrogen-bond acceptors (Lipinski definition) is 5. The summed E-state index contributed by atoms with van der Waals surface area (Å²) >= 11 is 3.41. The van der Waals surface area contributed by atoms with Gasteiger partial charge in [0.05, 0.1) is 5.69 Å². The first-order chi connectivity index (χ1) is 15.2. The highest BCUT2D eigenvalue weighted by Gasteiger charge is 2.48. The van der Waals surface area contributed by atoms with Crippen molar-refractivity contribution in [2.24, 2.45) is 0 Å². The first-order valence-corrected chi connectivity index (χ1v) is 10.3. The number of nitrogens with zero attached hydrogens (tertiary/aromatic N) is 3. The van der Waals surface area contributed by atoms with Crippen LogP contribution < -0.4 is 0 Å². The van der Waals surface area contributed by atoms with E-state index in [9.17, 15) is 18.0 Å². The van der Waals surface area contributed by atoms with Gasteiger partial charge in [0.1, 0.15) is 12.6 Å². The van der Waals surface area contributed by atoms with E-state index in [4.69, 9.17) is 9.36 Å². The Bertz CT molecular complexity index is 1330. The van der Waals surface area contributed by atoms with Gasteiger partial charge < -0.3 is 9.51 Å². The largest absolute Gasteiger partial charge is 0.473 e. The molecule has 4 aromatic rings. The van der Waals surface area contributed by atoms with Crippen molar-refractivity contribution >= 4 is 32.7 Å². The third kappa shape index (κ3) is 3.47. The Morgan fingerprint density at radius 3 is 2.62 bits per heavy atom. The van der Waals surface area contributed by atoms with Crippen LogP contribution >= 0.6 is 15.9 Å². The van der Waals surface area contributed by atoms with Crippen LogP contribution in [0.25, 0.3) is 22.3 Å². The summed E-state index contributed by atoms with van der Waals surface area (Å²) in [5.74, 6) is -1.33. The predicted molar refractivity (Wildman–Crippen MR) is 110 cm³/mol. The smallest absolute Gasteiger partial charge is 0.356 e. The Morgan fingerprint density at radius 2 is 1.97 bits per heavy atom.